The average Bonchev–Trinajstić information content (AvgIpc) is 2.69. The smallest absolute Gasteiger partial charge is 0.196 e. The molecule has 4 heteroatoms. The molecule has 0 aliphatic carbocycles. The first-order chi connectivity index (χ1) is 6.79. The number of aryl methyl sites for hydroxylation is 1. The van der Waals surface area contributed by atoms with Crippen LogP contribution in [0, 0.1) is 6.92 Å². The summed E-state index contributed by atoms with van der Waals surface area (Å²) < 4.78 is 5.13. The minimum absolute atomic E-state index is 0.365. The summed E-state index contributed by atoms with van der Waals surface area (Å²) in [7, 11) is 0. The Bertz CT molecular complexity index is 449. The van der Waals surface area contributed by atoms with E-state index in [9.17, 15) is 4.79 Å². The molecule has 0 spiro atoms. The SMILES string of the molecule is Cc1cc(C=O)nc(-c2ccco2)n1. The summed E-state index contributed by atoms with van der Waals surface area (Å²) in [6.45, 7) is 1.81. The van der Waals surface area contributed by atoms with Crippen LogP contribution in [0.15, 0.2) is 28.9 Å². The lowest BCUT2D eigenvalue weighted by molar-refractivity contribution is 0.111. The van der Waals surface area contributed by atoms with Gasteiger partial charge in [0.15, 0.2) is 17.9 Å². The number of carbonyl (C=O) groups excluding carboxylic acids is 1. The van der Waals surface area contributed by atoms with Crippen LogP contribution in [0.3, 0.4) is 0 Å². The third kappa shape index (κ3) is 1.54. The van der Waals surface area contributed by atoms with Crippen molar-refractivity contribution >= 4 is 6.29 Å². The number of hydrogen-bond donors (Lipinski definition) is 0. The van der Waals surface area contributed by atoms with Gasteiger partial charge in [-0.25, -0.2) is 9.97 Å². The van der Waals surface area contributed by atoms with E-state index in [1.54, 1.807) is 31.4 Å². The molecule has 0 radical (unpaired) electrons. The first kappa shape index (κ1) is 8.62. The van der Waals surface area contributed by atoms with Gasteiger partial charge in [-0.2, -0.15) is 0 Å². The minimum atomic E-state index is 0.365. The Morgan fingerprint density at radius 2 is 2.29 bits per heavy atom. The number of hydrogen-bond acceptors (Lipinski definition) is 4. The molecule has 4 nitrogen and oxygen atoms in total. The summed E-state index contributed by atoms with van der Waals surface area (Å²) in [6, 6.07) is 5.13. The second kappa shape index (κ2) is 3.41. The zero-order chi connectivity index (χ0) is 9.97. The maximum Gasteiger partial charge on any atom is 0.196 e. The molecule has 0 aromatic carbocycles. The van der Waals surface area contributed by atoms with E-state index in [2.05, 4.69) is 9.97 Å². The van der Waals surface area contributed by atoms with E-state index in [1.165, 1.54) is 0 Å². The highest BCUT2D eigenvalue weighted by molar-refractivity contribution is 5.72. The Hall–Kier alpha value is -1.97. The van der Waals surface area contributed by atoms with E-state index in [4.69, 9.17) is 4.42 Å². The highest BCUT2D eigenvalue weighted by atomic mass is 16.3. The molecule has 2 heterocycles. The maximum absolute atomic E-state index is 10.6. The van der Waals surface area contributed by atoms with E-state index in [1.807, 2.05) is 0 Å². The van der Waals surface area contributed by atoms with Crippen LogP contribution in [-0.4, -0.2) is 16.3 Å². The van der Waals surface area contributed by atoms with Crippen molar-refractivity contribution < 1.29 is 9.21 Å². The van der Waals surface area contributed by atoms with Gasteiger partial charge in [-0.15, -0.1) is 0 Å². The highest BCUT2D eigenvalue weighted by Gasteiger charge is 2.06. The van der Waals surface area contributed by atoms with Crippen LogP contribution in [0.25, 0.3) is 11.6 Å². The first-order valence-electron chi connectivity index (χ1n) is 4.14. The molecular weight excluding hydrogens is 180 g/mol. The van der Waals surface area contributed by atoms with Gasteiger partial charge in [0.2, 0.25) is 0 Å². The highest BCUT2D eigenvalue weighted by Crippen LogP contribution is 2.15. The normalized spacial score (nSPS) is 10.1. The van der Waals surface area contributed by atoms with Crippen LogP contribution >= 0.6 is 0 Å². The van der Waals surface area contributed by atoms with E-state index in [0.717, 1.165) is 5.69 Å². The summed E-state index contributed by atoms with van der Waals surface area (Å²) in [4.78, 5) is 18.7. The zero-order valence-electron chi connectivity index (χ0n) is 7.60. The molecule has 0 N–H and O–H groups in total. The summed E-state index contributed by atoms with van der Waals surface area (Å²) in [5.74, 6) is 1.01. The van der Waals surface area contributed by atoms with Gasteiger partial charge in [0.05, 0.1) is 6.26 Å². The van der Waals surface area contributed by atoms with Gasteiger partial charge in [0.1, 0.15) is 5.69 Å². The molecule has 0 aliphatic rings. The van der Waals surface area contributed by atoms with Gasteiger partial charge in [0.25, 0.3) is 0 Å². The Labute approximate surface area is 80.6 Å². The third-order valence-electron chi connectivity index (χ3n) is 1.74. The van der Waals surface area contributed by atoms with Crippen LogP contribution in [0.2, 0.25) is 0 Å². The standard InChI is InChI=1S/C10H8N2O2/c1-7-5-8(6-13)12-10(11-7)9-3-2-4-14-9/h2-6H,1H3. The molecule has 0 aliphatic heterocycles. The summed E-state index contributed by atoms with van der Waals surface area (Å²) in [6.07, 6.45) is 2.24. The monoisotopic (exact) mass is 188 g/mol. The van der Waals surface area contributed by atoms with Crippen molar-refractivity contribution in [2.45, 2.75) is 6.92 Å². The van der Waals surface area contributed by atoms with E-state index >= 15 is 0 Å². The Morgan fingerprint density at radius 1 is 1.43 bits per heavy atom. The molecule has 0 amide bonds. The number of aldehydes is 1. The average molecular weight is 188 g/mol. The third-order valence-corrected chi connectivity index (χ3v) is 1.74. The summed E-state index contributed by atoms with van der Waals surface area (Å²) in [5.41, 5.74) is 1.11. The number of rotatable bonds is 2. The van der Waals surface area contributed by atoms with Crippen LogP contribution in [0.1, 0.15) is 16.2 Å². The molecule has 70 valence electrons. The molecule has 0 unspecified atom stereocenters. The predicted octanol–water partition coefficient (Wildman–Crippen LogP) is 1.86. The van der Waals surface area contributed by atoms with Gasteiger partial charge in [-0.1, -0.05) is 0 Å². The molecule has 0 saturated carbocycles. The Morgan fingerprint density at radius 3 is 2.93 bits per heavy atom. The zero-order valence-corrected chi connectivity index (χ0v) is 7.60. The lowest BCUT2D eigenvalue weighted by Crippen LogP contribution is -1.95. The second-order valence-electron chi connectivity index (χ2n) is 2.85. The first-order valence-corrected chi connectivity index (χ1v) is 4.14. The largest absolute Gasteiger partial charge is 0.461 e. The molecule has 14 heavy (non-hydrogen) atoms. The number of carbonyl (C=O) groups is 1. The molecular formula is C10H8N2O2. The Kier molecular flexibility index (Phi) is 2.10. The van der Waals surface area contributed by atoms with Crippen molar-refractivity contribution in [2.75, 3.05) is 0 Å². The van der Waals surface area contributed by atoms with Gasteiger partial charge in [-0.3, -0.25) is 4.79 Å². The van der Waals surface area contributed by atoms with Gasteiger partial charge >= 0.3 is 0 Å². The van der Waals surface area contributed by atoms with Crippen molar-refractivity contribution in [3.05, 3.63) is 35.9 Å². The van der Waals surface area contributed by atoms with Gasteiger partial charge in [-0.05, 0) is 25.1 Å². The Balaban J connectivity index is 2.54. The molecule has 2 aromatic rings. The molecule has 0 bridgehead atoms. The molecule has 2 aromatic heterocycles. The fourth-order valence-electron chi connectivity index (χ4n) is 1.17. The van der Waals surface area contributed by atoms with Crippen LogP contribution in [0.5, 0.6) is 0 Å². The number of furan rings is 1. The summed E-state index contributed by atoms with van der Waals surface area (Å²) in [5, 5.41) is 0. The van der Waals surface area contributed by atoms with E-state index in [-0.39, 0.29) is 0 Å². The maximum atomic E-state index is 10.6. The van der Waals surface area contributed by atoms with Gasteiger partial charge in [0, 0.05) is 5.69 Å². The summed E-state index contributed by atoms with van der Waals surface area (Å²) >= 11 is 0. The van der Waals surface area contributed by atoms with E-state index < -0.39 is 0 Å². The minimum Gasteiger partial charge on any atom is -0.461 e. The van der Waals surface area contributed by atoms with Crippen molar-refractivity contribution in [3.63, 3.8) is 0 Å². The quantitative estimate of drug-likeness (QED) is 0.675. The van der Waals surface area contributed by atoms with Crippen LogP contribution in [-0.2, 0) is 0 Å². The molecule has 0 fully saturated rings. The number of aromatic nitrogens is 2. The topological polar surface area (TPSA) is 56.0 Å². The molecule has 2 rings (SSSR count). The van der Waals surface area contributed by atoms with Crippen molar-refractivity contribution in [1.29, 1.82) is 0 Å². The fourth-order valence-corrected chi connectivity index (χ4v) is 1.17. The predicted molar refractivity (Wildman–Crippen MR) is 49.9 cm³/mol. The number of nitrogens with zero attached hydrogens (tertiary/aromatic N) is 2. The van der Waals surface area contributed by atoms with Crippen LogP contribution in [0.4, 0.5) is 0 Å². The van der Waals surface area contributed by atoms with Crippen molar-refractivity contribution in [3.8, 4) is 11.6 Å². The van der Waals surface area contributed by atoms with E-state index in [0.29, 0.717) is 23.6 Å². The lowest BCUT2D eigenvalue weighted by Gasteiger charge is -1.98. The fraction of sp³-hybridized carbons (Fsp3) is 0.100. The van der Waals surface area contributed by atoms with Gasteiger partial charge < -0.3 is 4.42 Å². The van der Waals surface area contributed by atoms with Crippen molar-refractivity contribution in [1.82, 2.24) is 9.97 Å². The van der Waals surface area contributed by atoms with Crippen LogP contribution < -0.4 is 0 Å². The van der Waals surface area contributed by atoms with Crippen molar-refractivity contribution in [2.24, 2.45) is 0 Å². The molecule has 0 saturated heterocycles. The lowest BCUT2D eigenvalue weighted by atomic mass is 10.3. The molecule has 0 atom stereocenters. The second-order valence-corrected chi connectivity index (χ2v) is 2.85.